The van der Waals surface area contributed by atoms with Gasteiger partial charge in [-0.2, -0.15) is 0 Å². The van der Waals surface area contributed by atoms with Crippen LogP contribution in [0.2, 0.25) is 0 Å². The Labute approximate surface area is 107 Å². The number of aryl methyl sites for hydroxylation is 1. The molecular formula is C12H12F2N2OS. The molecule has 0 saturated heterocycles. The van der Waals surface area contributed by atoms with E-state index in [0.29, 0.717) is 17.0 Å². The fraction of sp³-hybridized carbons (Fsp3) is 0.333. The molecule has 6 heteroatoms. The molecule has 1 aromatic heterocycles. The molecule has 1 aromatic carbocycles. The lowest BCUT2D eigenvalue weighted by Crippen LogP contribution is -2.06. The first-order chi connectivity index (χ1) is 8.63. The van der Waals surface area contributed by atoms with Crippen molar-refractivity contribution >= 4 is 11.5 Å². The second kappa shape index (κ2) is 5.49. The van der Waals surface area contributed by atoms with Gasteiger partial charge in [0.15, 0.2) is 0 Å². The van der Waals surface area contributed by atoms with Crippen molar-refractivity contribution in [2.75, 3.05) is 0 Å². The van der Waals surface area contributed by atoms with Gasteiger partial charge in [-0.15, -0.1) is 5.10 Å². The van der Waals surface area contributed by atoms with Gasteiger partial charge < -0.3 is 5.11 Å². The van der Waals surface area contributed by atoms with Crippen molar-refractivity contribution in [3.05, 3.63) is 46.0 Å². The SMILES string of the molecule is CCc1nnsc1C(O)Cc1c(F)cccc1F. The molecule has 0 bridgehead atoms. The third-order valence-corrected chi connectivity index (χ3v) is 3.55. The zero-order chi connectivity index (χ0) is 13.1. The first-order valence-electron chi connectivity index (χ1n) is 5.55. The van der Waals surface area contributed by atoms with Crippen molar-refractivity contribution in [2.24, 2.45) is 0 Å². The number of rotatable bonds is 4. The Kier molecular flexibility index (Phi) is 3.98. The van der Waals surface area contributed by atoms with E-state index >= 15 is 0 Å². The molecule has 0 amide bonds. The number of nitrogens with zero attached hydrogens (tertiary/aromatic N) is 2. The van der Waals surface area contributed by atoms with Crippen LogP contribution in [0.5, 0.6) is 0 Å². The van der Waals surface area contributed by atoms with Crippen LogP contribution in [-0.2, 0) is 12.8 Å². The third kappa shape index (κ3) is 2.54. The summed E-state index contributed by atoms with van der Waals surface area (Å²) in [7, 11) is 0. The Morgan fingerprint density at radius 3 is 2.61 bits per heavy atom. The van der Waals surface area contributed by atoms with E-state index in [9.17, 15) is 13.9 Å². The highest BCUT2D eigenvalue weighted by Crippen LogP contribution is 2.26. The molecule has 3 nitrogen and oxygen atoms in total. The number of hydrogen-bond donors (Lipinski definition) is 1. The summed E-state index contributed by atoms with van der Waals surface area (Å²) < 4.78 is 30.7. The van der Waals surface area contributed by atoms with Gasteiger partial charge in [0, 0.05) is 12.0 Å². The molecular weight excluding hydrogens is 258 g/mol. The lowest BCUT2D eigenvalue weighted by Gasteiger charge is -2.10. The predicted octanol–water partition coefficient (Wildman–Crippen LogP) is 2.65. The first-order valence-corrected chi connectivity index (χ1v) is 6.33. The van der Waals surface area contributed by atoms with E-state index < -0.39 is 17.7 Å². The Morgan fingerprint density at radius 2 is 2.00 bits per heavy atom. The molecule has 2 rings (SSSR count). The molecule has 0 radical (unpaired) electrons. The fourth-order valence-electron chi connectivity index (χ4n) is 1.73. The maximum absolute atomic E-state index is 13.5. The van der Waals surface area contributed by atoms with Crippen LogP contribution in [0.25, 0.3) is 0 Å². The van der Waals surface area contributed by atoms with Crippen LogP contribution in [0.3, 0.4) is 0 Å². The number of benzene rings is 1. The molecule has 96 valence electrons. The second-order valence-electron chi connectivity index (χ2n) is 3.86. The van der Waals surface area contributed by atoms with E-state index in [1.54, 1.807) is 0 Å². The summed E-state index contributed by atoms with van der Waals surface area (Å²) in [6, 6.07) is 3.65. The summed E-state index contributed by atoms with van der Waals surface area (Å²) in [5, 5.41) is 13.9. The van der Waals surface area contributed by atoms with Crippen LogP contribution in [0.15, 0.2) is 18.2 Å². The van der Waals surface area contributed by atoms with Gasteiger partial charge in [-0.1, -0.05) is 17.5 Å². The average molecular weight is 270 g/mol. The van der Waals surface area contributed by atoms with Crippen molar-refractivity contribution in [3.8, 4) is 0 Å². The Bertz CT molecular complexity index is 524. The fourth-order valence-corrected chi connectivity index (χ4v) is 2.45. The molecule has 1 atom stereocenters. The molecule has 0 fully saturated rings. The quantitative estimate of drug-likeness (QED) is 0.929. The van der Waals surface area contributed by atoms with Gasteiger partial charge >= 0.3 is 0 Å². The minimum Gasteiger partial charge on any atom is -0.387 e. The number of halogens is 2. The summed E-state index contributed by atoms with van der Waals surface area (Å²) in [5.74, 6) is -1.30. The zero-order valence-corrected chi connectivity index (χ0v) is 10.5. The summed E-state index contributed by atoms with van der Waals surface area (Å²) in [4.78, 5) is 0.570. The van der Waals surface area contributed by atoms with Gasteiger partial charge in [-0.05, 0) is 30.1 Å². The summed E-state index contributed by atoms with van der Waals surface area (Å²) in [6.45, 7) is 1.89. The lowest BCUT2D eigenvalue weighted by atomic mass is 10.0. The lowest BCUT2D eigenvalue weighted by molar-refractivity contribution is 0.178. The molecule has 18 heavy (non-hydrogen) atoms. The summed E-state index contributed by atoms with van der Waals surface area (Å²) >= 11 is 1.06. The molecule has 1 heterocycles. The molecule has 0 aliphatic rings. The van der Waals surface area contributed by atoms with Gasteiger partial charge in [-0.25, -0.2) is 8.78 Å². The highest BCUT2D eigenvalue weighted by atomic mass is 32.1. The minimum absolute atomic E-state index is 0.111. The zero-order valence-electron chi connectivity index (χ0n) is 9.73. The van der Waals surface area contributed by atoms with Gasteiger partial charge in [0.2, 0.25) is 0 Å². The molecule has 0 aliphatic heterocycles. The number of aliphatic hydroxyl groups is 1. The summed E-state index contributed by atoms with van der Waals surface area (Å²) in [6.07, 6.45) is -0.468. The van der Waals surface area contributed by atoms with E-state index in [4.69, 9.17) is 0 Å². The van der Waals surface area contributed by atoms with Crippen LogP contribution in [0, 0.1) is 11.6 Å². The number of aromatic nitrogens is 2. The van der Waals surface area contributed by atoms with Crippen molar-refractivity contribution in [2.45, 2.75) is 25.9 Å². The van der Waals surface area contributed by atoms with E-state index in [-0.39, 0.29) is 12.0 Å². The molecule has 0 saturated carbocycles. The maximum atomic E-state index is 13.5. The molecule has 1 N–H and O–H groups in total. The van der Waals surface area contributed by atoms with Crippen LogP contribution in [0.1, 0.15) is 29.2 Å². The smallest absolute Gasteiger partial charge is 0.129 e. The van der Waals surface area contributed by atoms with Crippen molar-refractivity contribution in [1.29, 1.82) is 0 Å². The Balaban J connectivity index is 2.24. The van der Waals surface area contributed by atoms with Crippen LogP contribution < -0.4 is 0 Å². The van der Waals surface area contributed by atoms with Crippen molar-refractivity contribution in [3.63, 3.8) is 0 Å². The minimum atomic E-state index is -0.980. The van der Waals surface area contributed by atoms with E-state index in [1.807, 2.05) is 6.92 Å². The normalized spacial score (nSPS) is 12.7. The molecule has 0 spiro atoms. The van der Waals surface area contributed by atoms with Crippen LogP contribution in [0.4, 0.5) is 8.78 Å². The second-order valence-corrected chi connectivity index (χ2v) is 4.64. The highest BCUT2D eigenvalue weighted by Gasteiger charge is 2.19. The third-order valence-electron chi connectivity index (χ3n) is 2.68. The largest absolute Gasteiger partial charge is 0.387 e. The monoisotopic (exact) mass is 270 g/mol. The Hall–Kier alpha value is -1.40. The van der Waals surface area contributed by atoms with E-state index in [1.165, 1.54) is 18.2 Å². The first kappa shape index (κ1) is 13.0. The molecule has 2 aromatic rings. The van der Waals surface area contributed by atoms with Crippen LogP contribution in [-0.4, -0.2) is 14.7 Å². The van der Waals surface area contributed by atoms with E-state index in [0.717, 1.165) is 11.5 Å². The Morgan fingerprint density at radius 1 is 1.33 bits per heavy atom. The van der Waals surface area contributed by atoms with Crippen molar-refractivity contribution in [1.82, 2.24) is 9.59 Å². The topological polar surface area (TPSA) is 46.0 Å². The van der Waals surface area contributed by atoms with Gasteiger partial charge in [0.05, 0.1) is 16.7 Å². The number of hydrogen-bond acceptors (Lipinski definition) is 4. The van der Waals surface area contributed by atoms with Gasteiger partial charge in [0.25, 0.3) is 0 Å². The van der Waals surface area contributed by atoms with Crippen molar-refractivity contribution < 1.29 is 13.9 Å². The van der Waals surface area contributed by atoms with Gasteiger partial charge in [0.1, 0.15) is 11.6 Å². The standard InChI is InChI=1S/C12H12F2N2OS/c1-2-10-12(18-16-15-10)11(17)6-7-8(13)4-3-5-9(7)14/h3-5,11,17H,2,6H2,1H3. The average Bonchev–Trinajstić information content (AvgIpc) is 2.82. The molecule has 0 aliphatic carbocycles. The highest BCUT2D eigenvalue weighted by molar-refractivity contribution is 7.05. The van der Waals surface area contributed by atoms with Gasteiger partial charge in [-0.3, -0.25) is 0 Å². The summed E-state index contributed by atoms with van der Waals surface area (Å²) in [5.41, 5.74) is 0.560. The van der Waals surface area contributed by atoms with Crippen LogP contribution >= 0.6 is 11.5 Å². The molecule has 1 unspecified atom stereocenters. The predicted molar refractivity (Wildman–Crippen MR) is 64.3 cm³/mol. The maximum Gasteiger partial charge on any atom is 0.129 e. The number of aliphatic hydroxyl groups excluding tert-OH is 1. The van der Waals surface area contributed by atoms with E-state index in [2.05, 4.69) is 9.59 Å².